The van der Waals surface area contributed by atoms with E-state index in [0.717, 1.165) is 30.6 Å². The van der Waals surface area contributed by atoms with Crippen LogP contribution in [0, 0.1) is 0 Å². The molecule has 3 aromatic carbocycles. The Labute approximate surface area is 167 Å². The molecule has 0 aliphatic carbocycles. The van der Waals surface area contributed by atoms with Crippen LogP contribution in [0.1, 0.15) is 35.2 Å². The molecular weight excluding hydrogens is 344 g/mol. The zero-order chi connectivity index (χ0) is 19.3. The first-order valence-corrected chi connectivity index (χ1v) is 9.93. The van der Waals surface area contributed by atoms with Crippen molar-refractivity contribution in [3.05, 3.63) is 107 Å². The molecule has 28 heavy (non-hydrogen) atoms. The lowest BCUT2D eigenvalue weighted by Gasteiger charge is -2.34. The van der Waals surface area contributed by atoms with Gasteiger partial charge in [-0.1, -0.05) is 84.9 Å². The standard InChI is InChI=1S/C25H26N2O/c1-19(27-17-16-20-10-8-9-15-23(20)18-27)25(28)26-24(21-11-4-2-5-12-21)22-13-6-3-7-14-22/h2-15,19,24H,16-18H2,1H3,(H,26,28)/t19-/m1/s1. The monoisotopic (exact) mass is 370 g/mol. The number of carbonyl (C=O) groups excluding carboxylic acids is 1. The number of nitrogens with zero attached hydrogens (tertiary/aromatic N) is 1. The molecule has 3 aromatic rings. The first kappa shape index (κ1) is 18.5. The predicted octanol–water partition coefficient (Wildman–Crippen LogP) is 4.34. The highest BCUT2D eigenvalue weighted by atomic mass is 16.2. The van der Waals surface area contributed by atoms with Gasteiger partial charge < -0.3 is 5.32 Å². The van der Waals surface area contributed by atoms with Crippen LogP contribution in [0.15, 0.2) is 84.9 Å². The topological polar surface area (TPSA) is 32.3 Å². The van der Waals surface area contributed by atoms with Crippen LogP contribution in [0.4, 0.5) is 0 Å². The minimum atomic E-state index is -0.178. The summed E-state index contributed by atoms with van der Waals surface area (Å²) in [6.45, 7) is 3.75. The summed E-state index contributed by atoms with van der Waals surface area (Å²) >= 11 is 0. The molecule has 3 nitrogen and oxygen atoms in total. The minimum absolute atomic E-state index is 0.0667. The van der Waals surface area contributed by atoms with Gasteiger partial charge in [0.15, 0.2) is 0 Å². The van der Waals surface area contributed by atoms with E-state index in [-0.39, 0.29) is 18.0 Å². The fourth-order valence-corrected chi connectivity index (χ4v) is 3.93. The fourth-order valence-electron chi connectivity index (χ4n) is 3.93. The van der Waals surface area contributed by atoms with Gasteiger partial charge in [-0.2, -0.15) is 0 Å². The highest BCUT2D eigenvalue weighted by molar-refractivity contribution is 5.82. The molecule has 1 atom stereocenters. The lowest BCUT2D eigenvalue weighted by molar-refractivity contribution is -0.126. The number of hydrogen-bond donors (Lipinski definition) is 1. The Morgan fingerprint density at radius 2 is 1.36 bits per heavy atom. The SMILES string of the molecule is C[C@H](C(=O)NC(c1ccccc1)c1ccccc1)N1CCc2ccccc2C1. The molecule has 0 radical (unpaired) electrons. The van der Waals surface area contributed by atoms with Crippen LogP contribution in [0.2, 0.25) is 0 Å². The molecule has 0 saturated carbocycles. The summed E-state index contributed by atoms with van der Waals surface area (Å²) in [4.78, 5) is 15.4. The Morgan fingerprint density at radius 1 is 0.821 bits per heavy atom. The quantitative estimate of drug-likeness (QED) is 0.725. The van der Waals surface area contributed by atoms with Gasteiger partial charge in [0.2, 0.25) is 5.91 Å². The van der Waals surface area contributed by atoms with E-state index in [0.29, 0.717) is 0 Å². The summed E-state index contributed by atoms with van der Waals surface area (Å²) < 4.78 is 0. The van der Waals surface area contributed by atoms with Crippen molar-refractivity contribution < 1.29 is 4.79 Å². The van der Waals surface area contributed by atoms with Crippen molar-refractivity contribution in [2.75, 3.05) is 6.54 Å². The van der Waals surface area contributed by atoms with Gasteiger partial charge in [0.25, 0.3) is 0 Å². The Hall–Kier alpha value is -2.91. The average Bonchev–Trinajstić information content (AvgIpc) is 2.77. The second kappa shape index (κ2) is 8.41. The summed E-state index contributed by atoms with van der Waals surface area (Å²) in [5, 5.41) is 3.29. The largest absolute Gasteiger partial charge is 0.344 e. The lowest BCUT2D eigenvalue weighted by atomic mass is 9.97. The first-order valence-electron chi connectivity index (χ1n) is 9.93. The summed E-state index contributed by atoms with van der Waals surface area (Å²) in [7, 11) is 0. The van der Waals surface area contributed by atoms with Crippen molar-refractivity contribution in [3.63, 3.8) is 0 Å². The fraction of sp³-hybridized carbons (Fsp3) is 0.240. The summed E-state index contributed by atoms with van der Waals surface area (Å²) in [6.07, 6.45) is 0.995. The van der Waals surface area contributed by atoms with E-state index in [9.17, 15) is 4.79 Å². The van der Waals surface area contributed by atoms with Crippen molar-refractivity contribution >= 4 is 5.91 Å². The maximum Gasteiger partial charge on any atom is 0.237 e. The molecule has 3 heteroatoms. The van der Waals surface area contributed by atoms with Crippen molar-refractivity contribution in [2.24, 2.45) is 0 Å². The number of nitrogens with one attached hydrogen (secondary N) is 1. The Balaban J connectivity index is 1.52. The molecule has 0 spiro atoms. The van der Waals surface area contributed by atoms with Crippen molar-refractivity contribution in [2.45, 2.75) is 32.0 Å². The van der Waals surface area contributed by atoms with Gasteiger partial charge in [-0.15, -0.1) is 0 Å². The number of benzene rings is 3. The van der Waals surface area contributed by atoms with Crippen LogP contribution >= 0.6 is 0 Å². The number of fused-ring (bicyclic) bond motifs is 1. The van der Waals surface area contributed by atoms with E-state index in [2.05, 4.69) is 58.7 Å². The Bertz CT molecular complexity index is 884. The third kappa shape index (κ3) is 4.00. The van der Waals surface area contributed by atoms with Gasteiger partial charge in [0.05, 0.1) is 12.1 Å². The molecule has 0 fully saturated rings. The Morgan fingerprint density at radius 3 is 1.96 bits per heavy atom. The number of rotatable bonds is 5. The summed E-state index contributed by atoms with van der Waals surface area (Å²) in [5.41, 5.74) is 4.92. The molecule has 0 aromatic heterocycles. The highest BCUT2D eigenvalue weighted by Crippen LogP contribution is 2.24. The van der Waals surface area contributed by atoms with Crippen LogP contribution in [0.5, 0.6) is 0 Å². The molecular formula is C25H26N2O. The zero-order valence-electron chi connectivity index (χ0n) is 16.2. The molecule has 0 saturated heterocycles. The van der Waals surface area contributed by atoms with Crippen molar-refractivity contribution in [1.82, 2.24) is 10.2 Å². The van der Waals surface area contributed by atoms with Gasteiger partial charge in [-0.3, -0.25) is 9.69 Å². The van der Waals surface area contributed by atoms with Crippen LogP contribution in [0.25, 0.3) is 0 Å². The van der Waals surface area contributed by atoms with Gasteiger partial charge in [-0.05, 0) is 35.6 Å². The average molecular weight is 370 g/mol. The van der Waals surface area contributed by atoms with Crippen LogP contribution in [-0.4, -0.2) is 23.4 Å². The molecule has 1 heterocycles. The number of amides is 1. The molecule has 0 bridgehead atoms. The predicted molar refractivity (Wildman–Crippen MR) is 113 cm³/mol. The van der Waals surface area contributed by atoms with Crippen molar-refractivity contribution in [3.8, 4) is 0 Å². The third-order valence-electron chi connectivity index (χ3n) is 5.64. The second-order valence-corrected chi connectivity index (χ2v) is 7.43. The maximum absolute atomic E-state index is 13.2. The Kier molecular flexibility index (Phi) is 5.54. The number of carbonyl (C=O) groups is 1. The van der Waals surface area contributed by atoms with E-state index >= 15 is 0 Å². The molecule has 1 aliphatic rings. The van der Waals surface area contributed by atoms with Crippen LogP contribution < -0.4 is 5.32 Å². The van der Waals surface area contributed by atoms with Gasteiger partial charge in [0.1, 0.15) is 0 Å². The zero-order valence-corrected chi connectivity index (χ0v) is 16.2. The van der Waals surface area contributed by atoms with Crippen molar-refractivity contribution in [1.29, 1.82) is 0 Å². The summed E-state index contributed by atoms with van der Waals surface area (Å²) in [5.74, 6) is 0.0667. The smallest absolute Gasteiger partial charge is 0.237 e. The van der Waals surface area contributed by atoms with E-state index in [1.807, 2.05) is 43.3 Å². The normalized spacial score (nSPS) is 15.1. The van der Waals surface area contributed by atoms with Gasteiger partial charge >= 0.3 is 0 Å². The third-order valence-corrected chi connectivity index (χ3v) is 5.64. The second-order valence-electron chi connectivity index (χ2n) is 7.43. The maximum atomic E-state index is 13.2. The van der Waals surface area contributed by atoms with E-state index in [1.54, 1.807) is 0 Å². The molecule has 1 amide bonds. The minimum Gasteiger partial charge on any atom is -0.344 e. The molecule has 142 valence electrons. The highest BCUT2D eigenvalue weighted by Gasteiger charge is 2.27. The van der Waals surface area contributed by atoms with Gasteiger partial charge in [-0.25, -0.2) is 0 Å². The van der Waals surface area contributed by atoms with Crippen LogP contribution in [0.3, 0.4) is 0 Å². The van der Waals surface area contributed by atoms with E-state index in [1.165, 1.54) is 11.1 Å². The summed E-state index contributed by atoms with van der Waals surface area (Å²) in [6, 6.07) is 28.6. The number of hydrogen-bond acceptors (Lipinski definition) is 2. The lowest BCUT2D eigenvalue weighted by Crippen LogP contribution is -2.48. The van der Waals surface area contributed by atoms with E-state index in [4.69, 9.17) is 0 Å². The molecule has 1 aliphatic heterocycles. The molecule has 4 rings (SSSR count). The van der Waals surface area contributed by atoms with E-state index < -0.39 is 0 Å². The van der Waals surface area contributed by atoms with Crippen LogP contribution in [-0.2, 0) is 17.8 Å². The first-order chi connectivity index (χ1) is 13.7. The molecule has 1 N–H and O–H groups in total. The van der Waals surface area contributed by atoms with Gasteiger partial charge in [0, 0.05) is 13.1 Å². The molecule has 0 unspecified atom stereocenters.